The van der Waals surface area contributed by atoms with Crippen molar-refractivity contribution in [2.75, 3.05) is 11.9 Å². The van der Waals surface area contributed by atoms with Gasteiger partial charge < -0.3 is 10.1 Å². The number of amides is 1. The molecule has 0 unspecified atom stereocenters. The van der Waals surface area contributed by atoms with Gasteiger partial charge in [-0.05, 0) is 55.3 Å². The minimum absolute atomic E-state index is 0.140. The summed E-state index contributed by atoms with van der Waals surface area (Å²) in [7, 11) is 0. The monoisotopic (exact) mass is 347 g/mol. The molecule has 2 rings (SSSR count). The molecule has 1 N–H and O–H groups in total. The maximum Gasteiger partial charge on any atom is 0.255 e. The lowest BCUT2D eigenvalue weighted by atomic mass is 10.2. The van der Waals surface area contributed by atoms with E-state index >= 15 is 0 Å². The summed E-state index contributed by atoms with van der Waals surface area (Å²) >= 11 is 3.44. The molecule has 4 heteroatoms. The first-order valence-corrected chi connectivity index (χ1v) is 7.70. The van der Waals surface area contributed by atoms with Crippen molar-refractivity contribution < 1.29 is 9.53 Å². The molecule has 0 bridgehead atoms. The van der Waals surface area contributed by atoms with Crippen molar-refractivity contribution in [1.29, 1.82) is 0 Å². The van der Waals surface area contributed by atoms with Gasteiger partial charge in [-0.25, -0.2) is 0 Å². The quantitative estimate of drug-likeness (QED) is 0.843. The van der Waals surface area contributed by atoms with Crippen molar-refractivity contribution in [2.45, 2.75) is 20.3 Å². The molecule has 0 aliphatic carbocycles. The average molecular weight is 348 g/mol. The Labute approximate surface area is 133 Å². The maximum atomic E-state index is 12.3. The molecule has 0 aromatic heterocycles. The third kappa shape index (κ3) is 4.33. The number of anilines is 1. The molecule has 0 aliphatic heterocycles. The molecule has 0 atom stereocenters. The van der Waals surface area contributed by atoms with Gasteiger partial charge in [-0.15, -0.1) is 0 Å². The van der Waals surface area contributed by atoms with E-state index in [1.54, 1.807) is 12.1 Å². The summed E-state index contributed by atoms with van der Waals surface area (Å²) < 4.78 is 6.57. The third-order valence-electron chi connectivity index (χ3n) is 2.98. The molecule has 3 nitrogen and oxygen atoms in total. The van der Waals surface area contributed by atoms with Crippen LogP contribution in [0.15, 0.2) is 46.9 Å². The lowest BCUT2D eigenvalue weighted by molar-refractivity contribution is 0.102. The number of halogens is 1. The van der Waals surface area contributed by atoms with E-state index in [-0.39, 0.29) is 5.91 Å². The Morgan fingerprint density at radius 2 is 2.05 bits per heavy atom. The molecule has 2 aromatic carbocycles. The summed E-state index contributed by atoms with van der Waals surface area (Å²) in [4.78, 5) is 12.3. The first kappa shape index (κ1) is 15.6. The third-order valence-corrected chi connectivity index (χ3v) is 3.87. The fourth-order valence-corrected chi connectivity index (χ4v) is 2.12. The Bertz CT molecular complexity index is 640. The van der Waals surface area contributed by atoms with E-state index in [1.807, 2.05) is 44.2 Å². The summed E-state index contributed by atoms with van der Waals surface area (Å²) in [5.41, 5.74) is 2.44. The van der Waals surface area contributed by atoms with Crippen LogP contribution in [-0.4, -0.2) is 12.5 Å². The minimum atomic E-state index is -0.140. The van der Waals surface area contributed by atoms with E-state index in [1.165, 1.54) is 0 Å². The zero-order valence-corrected chi connectivity index (χ0v) is 13.7. The number of hydrogen-bond donors (Lipinski definition) is 1. The van der Waals surface area contributed by atoms with Crippen molar-refractivity contribution in [3.05, 3.63) is 58.1 Å². The van der Waals surface area contributed by atoms with Gasteiger partial charge in [0, 0.05) is 15.7 Å². The van der Waals surface area contributed by atoms with E-state index in [0.717, 1.165) is 27.9 Å². The topological polar surface area (TPSA) is 38.3 Å². The molecule has 2 aromatic rings. The van der Waals surface area contributed by atoms with Crippen LogP contribution < -0.4 is 10.1 Å². The molecule has 1 amide bonds. The van der Waals surface area contributed by atoms with E-state index in [0.29, 0.717) is 12.2 Å². The number of carbonyl (C=O) groups is 1. The first-order chi connectivity index (χ1) is 10.1. The highest BCUT2D eigenvalue weighted by Gasteiger charge is 2.08. The van der Waals surface area contributed by atoms with Gasteiger partial charge in [0.2, 0.25) is 0 Å². The Kier molecular flexibility index (Phi) is 5.39. The highest BCUT2D eigenvalue weighted by atomic mass is 79.9. The predicted octanol–water partition coefficient (Wildman–Crippen LogP) is 4.80. The fraction of sp³-hybridized carbons (Fsp3) is 0.235. The smallest absolute Gasteiger partial charge is 0.255 e. The lowest BCUT2D eigenvalue weighted by Crippen LogP contribution is -2.12. The highest BCUT2D eigenvalue weighted by Crippen LogP contribution is 2.21. The van der Waals surface area contributed by atoms with Crippen LogP contribution >= 0.6 is 15.9 Å². The van der Waals surface area contributed by atoms with Crippen molar-refractivity contribution in [1.82, 2.24) is 0 Å². The predicted molar refractivity (Wildman–Crippen MR) is 89.1 cm³/mol. The largest absolute Gasteiger partial charge is 0.494 e. The second kappa shape index (κ2) is 7.27. The molecular weight excluding hydrogens is 330 g/mol. The summed E-state index contributed by atoms with van der Waals surface area (Å²) in [6, 6.07) is 12.9. The molecule has 0 saturated carbocycles. The van der Waals surface area contributed by atoms with Gasteiger partial charge in [-0.3, -0.25) is 4.79 Å². The Morgan fingerprint density at radius 1 is 1.24 bits per heavy atom. The maximum absolute atomic E-state index is 12.3. The van der Waals surface area contributed by atoms with Crippen molar-refractivity contribution in [3.63, 3.8) is 0 Å². The number of rotatable bonds is 5. The van der Waals surface area contributed by atoms with E-state index in [9.17, 15) is 4.79 Å². The van der Waals surface area contributed by atoms with Crippen LogP contribution in [0.3, 0.4) is 0 Å². The number of nitrogens with one attached hydrogen (secondary N) is 1. The Hall–Kier alpha value is -1.81. The van der Waals surface area contributed by atoms with E-state index in [4.69, 9.17) is 4.74 Å². The molecule has 0 heterocycles. The first-order valence-electron chi connectivity index (χ1n) is 6.90. The number of hydrogen-bond acceptors (Lipinski definition) is 2. The van der Waals surface area contributed by atoms with Gasteiger partial charge >= 0.3 is 0 Å². The summed E-state index contributed by atoms with van der Waals surface area (Å²) in [5, 5.41) is 2.89. The van der Waals surface area contributed by atoms with Crippen LogP contribution in [0.25, 0.3) is 0 Å². The average Bonchev–Trinajstić information content (AvgIpc) is 2.49. The summed E-state index contributed by atoms with van der Waals surface area (Å²) in [6.07, 6.45) is 0.939. The minimum Gasteiger partial charge on any atom is -0.494 e. The van der Waals surface area contributed by atoms with Gasteiger partial charge in [-0.2, -0.15) is 0 Å². The molecule has 110 valence electrons. The lowest BCUT2D eigenvalue weighted by Gasteiger charge is -2.09. The van der Waals surface area contributed by atoms with Gasteiger partial charge in [-0.1, -0.05) is 28.9 Å². The van der Waals surface area contributed by atoms with Crippen molar-refractivity contribution in [2.24, 2.45) is 0 Å². The van der Waals surface area contributed by atoms with E-state index < -0.39 is 0 Å². The molecule has 0 radical (unpaired) electrons. The standard InChI is InChI=1S/C17H18BrNO2/c1-3-9-21-15-6-4-5-13(11-15)17(20)19-14-7-8-16(18)12(2)10-14/h4-8,10-11H,3,9H2,1-2H3,(H,19,20). The van der Waals surface area contributed by atoms with Gasteiger partial charge in [0.1, 0.15) is 5.75 Å². The number of aryl methyl sites for hydroxylation is 1. The van der Waals surface area contributed by atoms with Crippen molar-refractivity contribution >= 4 is 27.5 Å². The molecule has 0 fully saturated rings. The number of ether oxygens (including phenoxy) is 1. The van der Waals surface area contributed by atoms with Crippen LogP contribution in [0.4, 0.5) is 5.69 Å². The molecule has 21 heavy (non-hydrogen) atoms. The zero-order chi connectivity index (χ0) is 15.2. The molecule has 0 aliphatic rings. The summed E-state index contributed by atoms with van der Waals surface area (Å²) in [6.45, 7) is 4.68. The van der Waals surface area contributed by atoms with Crippen LogP contribution in [0.5, 0.6) is 5.75 Å². The zero-order valence-electron chi connectivity index (χ0n) is 12.2. The van der Waals surface area contributed by atoms with Crippen molar-refractivity contribution in [3.8, 4) is 5.75 Å². The number of benzene rings is 2. The van der Waals surface area contributed by atoms with Crippen LogP contribution in [0, 0.1) is 6.92 Å². The molecule has 0 saturated heterocycles. The Balaban J connectivity index is 2.10. The van der Waals surface area contributed by atoms with E-state index in [2.05, 4.69) is 21.2 Å². The Morgan fingerprint density at radius 3 is 2.76 bits per heavy atom. The normalized spacial score (nSPS) is 10.2. The summed E-state index contributed by atoms with van der Waals surface area (Å²) in [5.74, 6) is 0.579. The number of carbonyl (C=O) groups excluding carboxylic acids is 1. The fourth-order valence-electron chi connectivity index (χ4n) is 1.87. The van der Waals surface area contributed by atoms with Crippen LogP contribution in [0.1, 0.15) is 29.3 Å². The van der Waals surface area contributed by atoms with Crippen LogP contribution in [0.2, 0.25) is 0 Å². The van der Waals surface area contributed by atoms with Gasteiger partial charge in [0.25, 0.3) is 5.91 Å². The molecule has 0 spiro atoms. The highest BCUT2D eigenvalue weighted by molar-refractivity contribution is 9.10. The van der Waals surface area contributed by atoms with Crippen LogP contribution in [-0.2, 0) is 0 Å². The molecular formula is C17H18BrNO2. The van der Waals surface area contributed by atoms with Gasteiger partial charge in [0.15, 0.2) is 0 Å². The SMILES string of the molecule is CCCOc1cccc(C(=O)Nc2ccc(Br)c(C)c2)c1. The van der Waals surface area contributed by atoms with Gasteiger partial charge in [0.05, 0.1) is 6.61 Å². The second-order valence-corrected chi connectivity index (χ2v) is 5.65. The second-order valence-electron chi connectivity index (χ2n) is 4.79.